The number of piperidine rings is 1. The fourth-order valence-electron chi connectivity index (χ4n) is 4.57. The van der Waals surface area contributed by atoms with Gasteiger partial charge in [0.15, 0.2) is 0 Å². The second-order valence-electron chi connectivity index (χ2n) is 8.14. The molecule has 1 aromatic carbocycles. The summed E-state index contributed by atoms with van der Waals surface area (Å²) in [7, 11) is 1.70. The molecule has 1 spiro atoms. The lowest BCUT2D eigenvalue weighted by molar-refractivity contribution is -0.123. The van der Waals surface area contributed by atoms with Crippen molar-refractivity contribution in [2.75, 3.05) is 26.8 Å². The van der Waals surface area contributed by atoms with Gasteiger partial charge in [0, 0.05) is 24.6 Å². The van der Waals surface area contributed by atoms with E-state index in [1.807, 2.05) is 36.1 Å². The molecule has 150 valence electrons. The van der Waals surface area contributed by atoms with Crippen molar-refractivity contribution in [3.8, 4) is 5.75 Å². The van der Waals surface area contributed by atoms with Crippen molar-refractivity contribution in [1.29, 1.82) is 0 Å². The number of hydrogen-bond donors (Lipinski definition) is 0. The van der Waals surface area contributed by atoms with Crippen LogP contribution in [0.4, 0.5) is 0 Å². The highest BCUT2D eigenvalue weighted by molar-refractivity contribution is 7.13. The van der Waals surface area contributed by atoms with Crippen LogP contribution in [0.25, 0.3) is 0 Å². The Morgan fingerprint density at radius 2 is 1.96 bits per heavy atom. The number of amides is 1. The molecule has 2 fully saturated rings. The number of carbonyl (C=O) groups excluding carboxylic acids is 1. The first kappa shape index (κ1) is 19.5. The van der Waals surface area contributed by atoms with E-state index in [1.54, 1.807) is 18.4 Å². The Bertz CT molecular complexity index is 806. The molecular weight excluding hydrogens is 370 g/mol. The molecule has 0 radical (unpaired) electrons. The molecule has 0 bridgehead atoms. The highest BCUT2D eigenvalue weighted by atomic mass is 32.1. The lowest BCUT2D eigenvalue weighted by Crippen LogP contribution is -2.50. The van der Waals surface area contributed by atoms with Crippen molar-refractivity contribution in [3.05, 3.63) is 51.7 Å². The van der Waals surface area contributed by atoms with Crippen molar-refractivity contribution in [1.82, 2.24) is 4.90 Å². The fraction of sp³-hybridized carbons (Fsp3) is 0.522. The Hall–Kier alpha value is -1.85. The average Bonchev–Trinajstić information content (AvgIpc) is 3.15. The Balaban J connectivity index is 1.34. The van der Waals surface area contributed by atoms with E-state index in [9.17, 15) is 4.79 Å². The Kier molecular flexibility index (Phi) is 5.74. The fourth-order valence-corrected chi connectivity index (χ4v) is 5.40. The normalized spacial score (nSPS) is 21.6. The van der Waals surface area contributed by atoms with Gasteiger partial charge < -0.3 is 14.4 Å². The van der Waals surface area contributed by atoms with Gasteiger partial charge in [-0.25, -0.2) is 0 Å². The van der Waals surface area contributed by atoms with Gasteiger partial charge in [0.1, 0.15) is 5.75 Å². The van der Waals surface area contributed by atoms with Gasteiger partial charge in [0.05, 0.1) is 17.6 Å². The van der Waals surface area contributed by atoms with Gasteiger partial charge in [-0.05, 0) is 74.8 Å². The molecule has 2 aliphatic rings. The SMILES string of the molecule is COc1ccc(CC2CCOC3(CCN(C(=O)c4ccc(C)s4)CC3)C2)cc1. The Labute approximate surface area is 171 Å². The van der Waals surface area contributed by atoms with Gasteiger partial charge in [-0.2, -0.15) is 0 Å². The maximum absolute atomic E-state index is 12.7. The first-order valence-corrected chi connectivity index (χ1v) is 11.0. The second-order valence-corrected chi connectivity index (χ2v) is 9.43. The van der Waals surface area contributed by atoms with E-state index in [0.717, 1.165) is 62.4 Å². The molecule has 1 amide bonds. The predicted octanol–water partition coefficient (Wildman–Crippen LogP) is 4.71. The number of carbonyl (C=O) groups is 1. The topological polar surface area (TPSA) is 38.8 Å². The Morgan fingerprint density at radius 1 is 1.21 bits per heavy atom. The molecule has 0 saturated carbocycles. The molecule has 28 heavy (non-hydrogen) atoms. The van der Waals surface area contributed by atoms with Gasteiger partial charge in [-0.15, -0.1) is 11.3 Å². The van der Waals surface area contributed by atoms with Crippen molar-refractivity contribution in [2.24, 2.45) is 5.92 Å². The average molecular weight is 400 g/mol. The summed E-state index contributed by atoms with van der Waals surface area (Å²) in [5, 5.41) is 0. The summed E-state index contributed by atoms with van der Waals surface area (Å²) >= 11 is 1.59. The largest absolute Gasteiger partial charge is 0.497 e. The zero-order valence-electron chi connectivity index (χ0n) is 16.8. The van der Waals surface area contributed by atoms with Gasteiger partial charge in [-0.3, -0.25) is 4.79 Å². The molecule has 1 aromatic heterocycles. The zero-order valence-corrected chi connectivity index (χ0v) is 17.6. The van der Waals surface area contributed by atoms with Crippen LogP contribution in [0.3, 0.4) is 0 Å². The number of rotatable bonds is 4. The van der Waals surface area contributed by atoms with E-state index in [1.165, 1.54) is 10.4 Å². The Morgan fingerprint density at radius 3 is 2.61 bits per heavy atom. The number of hydrogen-bond acceptors (Lipinski definition) is 4. The highest BCUT2D eigenvalue weighted by Crippen LogP contribution is 2.39. The van der Waals surface area contributed by atoms with Crippen LogP contribution in [0.5, 0.6) is 5.75 Å². The van der Waals surface area contributed by atoms with Gasteiger partial charge in [0.25, 0.3) is 5.91 Å². The molecule has 0 aliphatic carbocycles. The lowest BCUT2D eigenvalue weighted by atomic mass is 9.77. The minimum absolute atomic E-state index is 0.0441. The standard InChI is InChI=1S/C23H29NO3S/c1-17-3-8-21(28-17)22(25)24-12-10-23(11-13-24)16-19(9-14-27-23)15-18-4-6-20(26-2)7-5-18/h3-8,19H,9-16H2,1-2H3. The maximum atomic E-state index is 12.7. The van der Waals surface area contributed by atoms with Crippen LogP contribution in [0, 0.1) is 12.8 Å². The van der Waals surface area contributed by atoms with E-state index in [0.29, 0.717) is 5.92 Å². The molecular formula is C23H29NO3S. The molecule has 1 atom stereocenters. The minimum Gasteiger partial charge on any atom is -0.497 e. The minimum atomic E-state index is -0.0441. The van der Waals surface area contributed by atoms with Crippen molar-refractivity contribution >= 4 is 17.2 Å². The summed E-state index contributed by atoms with van der Waals surface area (Å²) in [6.45, 7) is 4.47. The number of aryl methyl sites for hydroxylation is 1. The summed E-state index contributed by atoms with van der Waals surface area (Å²) in [6, 6.07) is 12.4. The van der Waals surface area contributed by atoms with Crippen LogP contribution in [-0.2, 0) is 11.2 Å². The number of benzene rings is 1. The third-order valence-electron chi connectivity index (χ3n) is 6.19. The third kappa shape index (κ3) is 4.26. The van der Waals surface area contributed by atoms with Crippen molar-refractivity contribution in [3.63, 3.8) is 0 Å². The van der Waals surface area contributed by atoms with E-state index >= 15 is 0 Å². The van der Waals surface area contributed by atoms with Gasteiger partial charge >= 0.3 is 0 Å². The lowest BCUT2D eigenvalue weighted by Gasteiger charge is -2.46. The monoisotopic (exact) mass is 399 g/mol. The summed E-state index contributed by atoms with van der Waals surface area (Å²) in [6.07, 6.45) is 5.20. The number of nitrogens with zero attached hydrogens (tertiary/aromatic N) is 1. The van der Waals surface area contributed by atoms with E-state index in [-0.39, 0.29) is 11.5 Å². The van der Waals surface area contributed by atoms with Crippen LogP contribution < -0.4 is 4.74 Å². The smallest absolute Gasteiger partial charge is 0.263 e. The van der Waals surface area contributed by atoms with Crippen LogP contribution in [-0.4, -0.2) is 43.2 Å². The first-order chi connectivity index (χ1) is 13.6. The molecule has 0 N–H and O–H groups in total. The third-order valence-corrected chi connectivity index (χ3v) is 7.18. The first-order valence-electron chi connectivity index (χ1n) is 10.2. The van der Waals surface area contributed by atoms with Crippen molar-refractivity contribution in [2.45, 2.75) is 44.6 Å². The molecule has 3 heterocycles. The molecule has 2 aromatic rings. The highest BCUT2D eigenvalue weighted by Gasteiger charge is 2.41. The summed E-state index contributed by atoms with van der Waals surface area (Å²) < 4.78 is 11.6. The number of ether oxygens (including phenoxy) is 2. The van der Waals surface area contributed by atoms with E-state index in [4.69, 9.17) is 9.47 Å². The zero-order chi connectivity index (χ0) is 19.6. The summed E-state index contributed by atoms with van der Waals surface area (Å²) in [5.41, 5.74) is 1.32. The molecule has 2 saturated heterocycles. The molecule has 5 heteroatoms. The van der Waals surface area contributed by atoms with Crippen molar-refractivity contribution < 1.29 is 14.3 Å². The van der Waals surface area contributed by atoms with E-state index < -0.39 is 0 Å². The van der Waals surface area contributed by atoms with Gasteiger partial charge in [0.2, 0.25) is 0 Å². The number of thiophene rings is 1. The summed E-state index contributed by atoms with van der Waals surface area (Å²) in [4.78, 5) is 16.8. The molecule has 4 nitrogen and oxygen atoms in total. The predicted molar refractivity (Wildman–Crippen MR) is 112 cm³/mol. The molecule has 1 unspecified atom stereocenters. The second kappa shape index (κ2) is 8.26. The molecule has 2 aliphatic heterocycles. The summed E-state index contributed by atoms with van der Waals surface area (Å²) in [5.74, 6) is 1.73. The van der Waals surface area contributed by atoms with Crippen LogP contribution in [0.1, 0.15) is 45.8 Å². The van der Waals surface area contributed by atoms with Crippen LogP contribution in [0.15, 0.2) is 36.4 Å². The van der Waals surface area contributed by atoms with Crippen LogP contribution >= 0.6 is 11.3 Å². The van der Waals surface area contributed by atoms with E-state index in [2.05, 4.69) is 12.1 Å². The number of methoxy groups -OCH3 is 1. The molecule has 4 rings (SSSR count). The number of likely N-dealkylation sites (tertiary alicyclic amines) is 1. The van der Waals surface area contributed by atoms with Gasteiger partial charge in [-0.1, -0.05) is 12.1 Å². The van der Waals surface area contributed by atoms with Crippen LogP contribution in [0.2, 0.25) is 0 Å². The quantitative estimate of drug-likeness (QED) is 0.747. The maximum Gasteiger partial charge on any atom is 0.263 e.